The van der Waals surface area contributed by atoms with Crippen molar-refractivity contribution in [1.82, 2.24) is 9.55 Å². The molecule has 1 aromatic carbocycles. The maximum atomic E-state index is 6.30. The van der Waals surface area contributed by atoms with E-state index in [1.165, 1.54) is 0 Å². The van der Waals surface area contributed by atoms with E-state index in [1.807, 2.05) is 12.1 Å². The van der Waals surface area contributed by atoms with Crippen LogP contribution >= 0.6 is 0 Å². The second-order valence-corrected chi connectivity index (χ2v) is 4.85. The number of aryl methyl sites for hydroxylation is 1. The summed E-state index contributed by atoms with van der Waals surface area (Å²) in [6.07, 6.45) is 2.01. The van der Waals surface area contributed by atoms with E-state index in [4.69, 9.17) is 15.5 Å². The molecule has 0 unspecified atom stereocenters. The quantitative estimate of drug-likeness (QED) is 0.879. The third-order valence-corrected chi connectivity index (χ3v) is 3.45. The fourth-order valence-electron chi connectivity index (χ4n) is 2.51. The molecular weight excluding hydrogens is 250 g/mol. The minimum Gasteiger partial charge on any atom is -0.383 e. The van der Waals surface area contributed by atoms with Crippen molar-refractivity contribution in [2.75, 3.05) is 12.8 Å². The van der Waals surface area contributed by atoms with Crippen LogP contribution < -0.4 is 5.73 Å². The zero-order chi connectivity index (χ0) is 14.5. The van der Waals surface area contributed by atoms with Gasteiger partial charge in [-0.1, -0.05) is 31.2 Å². The maximum absolute atomic E-state index is 6.30. The summed E-state index contributed by atoms with van der Waals surface area (Å²) in [7, 11) is 1.70. The number of rotatable bonds is 6. The molecule has 2 aromatic rings. The lowest BCUT2D eigenvalue weighted by Gasteiger charge is -2.08. The number of ether oxygens (including phenoxy) is 1. The molecule has 0 saturated heterocycles. The summed E-state index contributed by atoms with van der Waals surface area (Å²) in [5, 5.41) is 0. The molecule has 0 aliphatic carbocycles. The molecule has 0 radical (unpaired) electrons. The minimum atomic E-state index is 0.567. The van der Waals surface area contributed by atoms with Crippen molar-refractivity contribution < 1.29 is 4.74 Å². The van der Waals surface area contributed by atoms with Crippen molar-refractivity contribution in [1.29, 1.82) is 0 Å². The van der Waals surface area contributed by atoms with E-state index < -0.39 is 0 Å². The highest BCUT2D eigenvalue weighted by atomic mass is 16.5. The number of nitrogen functional groups attached to an aromatic ring is 1. The number of nitrogens with two attached hydrogens (primary N) is 1. The highest BCUT2D eigenvalue weighted by molar-refractivity contribution is 5.73. The maximum Gasteiger partial charge on any atom is 0.131 e. The van der Waals surface area contributed by atoms with E-state index >= 15 is 0 Å². The fraction of sp³-hybridized carbons (Fsp3) is 0.438. The van der Waals surface area contributed by atoms with Crippen molar-refractivity contribution in [2.24, 2.45) is 0 Å². The number of hydrogen-bond acceptors (Lipinski definition) is 3. The van der Waals surface area contributed by atoms with Crippen molar-refractivity contribution in [3.05, 3.63) is 35.7 Å². The molecule has 0 amide bonds. The number of hydrogen-bond donors (Lipinski definition) is 1. The summed E-state index contributed by atoms with van der Waals surface area (Å²) in [6, 6.07) is 8.14. The van der Waals surface area contributed by atoms with E-state index in [-0.39, 0.29) is 0 Å². The van der Waals surface area contributed by atoms with Gasteiger partial charge in [-0.15, -0.1) is 0 Å². The molecular formula is C16H23N3O. The zero-order valence-electron chi connectivity index (χ0n) is 12.5. The van der Waals surface area contributed by atoms with E-state index in [1.54, 1.807) is 7.11 Å². The number of nitrogens with zero attached hydrogens (tertiary/aromatic N) is 2. The van der Waals surface area contributed by atoms with Crippen LogP contribution in [0.1, 0.15) is 31.7 Å². The molecule has 0 saturated carbocycles. The van der Waals surface area contributed by atoms with Crippen molar-refractivity contribution in [3.8, 4) is 11.3 Å². The molecule has 0 aliphatic rings. The van der Waals surface area contributed by atoms with Crippen LogP contribution in [-0.4, -0.2) is 16.7 Å². The van der Waals surface area contributed by atoms with Gasteiger partial charge in [0.05, 0.1) is 6.61 Å². The first kappa shape index (κ1) is 14.6. The SMILES string of the molecule is CCCc1nc(-c2ccccc2COC)c(N)n1CC. The summed E-state index contributed by atoms with van der Waals surface area (Å²) < 4.78 is 7.37. The van der Waals surface area contributed by atoms with Gasteiger partial charge in [-0.3, -0.25) is 0 Å². The Morgan fingerprint density at radius 3 is 2.65 bits per heavy atom. The average Bonchev–Trinajstić information content (AvgIpc) is 2.76. The lowest BCUT2D eigenvalue weighted by atomic mass is 10.1. The summed E-state index contributed by atoms with van der Waals surface area (Å²) in [6.45, 7) is 5.67. The molecule has 0 atom stereocenters. The first-order chi connectivity index (χ1) is 9.72. The van der Waals surface area contributed by atoms with Gasteiger partial charge in [0, 0.05) is 25.6 Å². The van der Waals surface area contributed by atoms with Gasteiger partial charge in [-0.05, 0) is 18.9 Å². The van der Waals surface area contributed by atoms with Crippen LogP contribution in [-0.2, 0) is 24.3 Å². The molecule has 108 valence electrons. The third-order valence-electron chi connectivity index (χ3n) is 3.45. The van der Waals surface area contributed by atoms with Crippen molar-refractivity contribution >= 4 is 5.82 Å². The summed E-state index contributed by atoms with van der Waals surface area (Å²) in [5.41, 5.74) is 9.36. The van der Waals surface area contributed by atoms with Crippen LogP contribution in [0.2, 0.25) is 0 Å². The van der Waals surface area contributed by atoms with Crippen LogP contribution in [0, 0.1) is 0 Å². The predicted molar refractivity (Wildman–Crippen MR) is 82.5 cm³/mol. The van der Waals surface area contributed by atoms with Crippen LogP contribution in [0.15, 0.2) is 24.3 Å². The molecule has 2 rings (SSSR count). The topological polar surface area (TPSA) is 53.1 Å². The van der Waals surface area contributed by atoms with Gasteiger partial charge in [0.25, 0.3) is 0 Å². The van der Waals surface area contributed by atoms with Gasteiger partial charge in [-0.25, -0.2) is 4.98 Å². The highest BCUT2D eigenvalue weighted by Crippen LogP contribution is 2.30. The van der Waals surface area contributed by atoms with Crippen molar-refractivity contribution in [2.45, 2.75) is 39.8 Å². The van der Waals surface area contributed by atoms with E-state index in [0.29, 0.717) is 6.61 Å². The smallest absolute Gasteiger partial charge is 0.131 e. The van der Waals surface area contributed by atoms with Crippen LogP contribution in [0.4, 0.5) is 5.82 Å². The largest absolute Gasteiger partial charge is 0.383 e. The molecule has 4 nitrogen and oxygen atoms in total. The fourth-order valence-corrected chi connectivity index (χ4v) is 2.51. The van der Waals surface area contributed by atoms with Crippen LogP contribution in [0.5, 0.6) is 0 Å². The van der Waals surface area contributed by atoms with Gasteiger partial charge < -0.3 is 15.0 Å². The first-order valence-corrected chi connectivity index (χ1v) is 7.14. The lowest BCUT2D eigenvalue weighted by Crippen LogP contribution is -2.05. The number of benzene rings is 1. The lowest BCUT2D eigenvalue weighted by molar-refractivity contribution is 0.185. The minimum absolute atomic E-state index is 0.567. The molecule has 0 aliphatic heterocycles. The number of imidazole rings is 1. The van der Waals surface area contributed by atoms with Gasteiger partial charge in [0.2, 0.25) is 0 Å². The average molecular weight is 273 g/mol. The van der Waals surface area contributed by atoms with Crippen LogP contribution in [0.3, 0.4) is 0 Å². The molecule has 0 bridgehead atoms. The van der Waals surface area contributed by atoms with Gasteiger partial charge in [-0.2, -0.15) is 0 Å². The Bertz CT molecular complexity index is 575. The Hall–Kier alpha value is -1.81. The molecule has 1 heterocycles. The Balaban J connectivity index is 2.52. The van der Waals surface area contributed by atoms with Crippen molar-refractivity contribution in [3.63, 3.8) is 0 Å². The third kappa shape index (κ3) is 2.70. The molecule has 4 heteroatoms. The molecule has 20 heavy (non-hydrogen) atoms. The molecule has 1 aromatic heterocycles. The molecule has 0 fully saturated rings. The predicted octanol–water partition coefficient (Wildman–Crippen LogP) is 3.25. The number of aromatic nitrogens is 2. The van der Waals surface area contributed by atoms with E-state index in [0.717, 1.165) is 47.8 Å². The second kappa shape index (κ2) is 6.57. The van der Waals surface area contributed by atoms with Gasteiger partial charge in [0.15, 0.2) is 0 Å². The monoisotopic (exact) mass is 273 g/mol. The summed E-state index contributed by atoms with van der Waals surface area (Å²) in [5.74, 6) is 1.81. The Kier molecular flexibility index (Phi) is 4.79. The Morgan fingerprint density at radius 2 is 2.00 bits per heavy atom. The highest BCUT2D eigenvalue weighted by Gasteiger charge is 2.16. The zero-order valence-corrected chi connectivity index (χ0v) is 12.5. The molecule has 2 N–H and O–H groups in total. The number of anilines is 1. The van der Waals surface area contributed by atoms with Gasteiger partial charge >= 0.3 is 0 Å². The first-order valence-electron chi connectivity index (χ1n) is 7.14. The van der Waals surface area contributed by atoms with Crippen LogP contribution in [0.25, 0.3) is 11.3 Å². The summed E-state index contributed by atoms with van der Waals surface area (Å²) >= 11 is 0. The standard InChI is InChI=1S/C16H23N3O/c1-4-8-14-18-15(16(17)19(14)5-2)13-10-7-6-9-12(13)11-20-3/h6-7,9-10H,4-5,8,11,17H2,1-3H3. The summed E-state index contributed by atoms with van der Waals surface area (Å²) in [4.78, 5) is 4.77. The second-order valence-electron chi connectivity index (χ2n) is 4.85. The Morgan fingerprint density at radius 1 is 1.25 bits per heavy atom. The van der Waals surface area contributed by atoms with Gasteiger partial charge in [0.1, 0.15) is 17.3 Å². The number of methoxy groups -OCH3 is 1. The van der Waals surface area contributed by atoms with E-state index in [9.17, 15) is 0 Å². The Labute approximate surface area is 120 Å². The van der Waals surface area contributed by atoms with E-state index in [2.05, 4.69) is 30.5 Å². The normalized spacial score (nSPS) is 10.9. The molecule has 0 spiro atoms.